The van der Waals surface area contributed by atoms with Crippen molar-refractivity contribution in [2.75, 3.05) is 11.6 Å². The first-order valence-electron chi connectivity index (χ1n) is 4.13. The number of nitrogens with zero attached hydrogens (tertiary/aromatic N) is 2. The van der Waals surface area contributed by atoms with Gasteiger partial charge in [0.25, 0.3) is 0 Å². The minimum absolute atomic E-state index is 0.00750. The molecule has 2 aromatic rings. The summed E-state index contributed by atoms with van der Waals surface area (Å²) >= 11 is 0. The summed E-state index contributed by atoms with van der Waals surface area (Å²) in [6.45, 7) is 0. The molecule has 0 aliphatic heterocycles. The van der Waals surface area contributed by atoms with Crippen LogP contribution in [0.5, 0.6) is 0 Å². The van der Waals surface area contributed by atoms with Crippen molar-refractivity contribution in [3.63, 3.8) is 0 Å². The van der Waals surface area contributed by atoms with Gasteiger partial charge in [-0.1, -0.05) is 6.07 Å². The van der Waals surface area contributed by atoms with Crippen LogP contribution >= 0.6 is 0 Å². The maximum Gasteiger partial charge on any atom is 0.150 e. The largest absolute Gasteiger partial charge is 0.382 e. The second-order valence-corrected chi connectivity index (χ2v) is 2.98. The van der Waals surface area contributed by atoms with Gasteiger partial charge < -0.3 is 11.6 Å². The SMILES string of the molecule is Nc1c(-c2c(F)cccc2F)ncn1N. The van der Waals surface area contributed by atoms with E-state index in [0.717, 1.165) is 16.8 Å². The Balaban J connectivity index is 2.69. The highest BCUT2D eigenvalue weighted by Crippen LogP contribution is 2.28. The van der Waals surface area contributed by atoms with Gasteiger partial charge in [0.15, 0.2) is 5.82 Å². The van der Waals surface area contributed by atoms with Crippen LogP contribution in [0, 0.1) is 11.6 Å². The maximum absolute atomic E-state index is 13.3. The highest BCUT2D eigenvalue weighted by atomic mass is 19.1. The lowest BCUT2D eigenvalue weighted by molar-refractivity contribution is 0.589. The molecule has 6 heteroatoms. The molecule has 0 saturated heterocycles. The van der Waals surface area contributed by atoms with Gasteiger partial charge in [-0.25, -0.2) is 18.4 Å². The number of hydrogen-bond acceptors (Lipinski definition) is 3. The predicted octanol–water partition coefficient (Wildman–Crippen LogP) is 1.12. The molecule has 0 spiro atoms. The summed E-state index contributed by atoms with van der Waals surface area (Å²) in [6, 6.07) is 3.53. The van der Waals surface area contributed by atoms with E-state index < -0.39 is 11.6 Å². The lowest BCUT2D eigenvalue weighted by Gasteiger charge is -2.03. The molecule has 0 unspecified atom stereocenters. The fraction of sp³-hybridized carbons (Fsp3) is 0. The van der Waals surface area contributed by atoms with Crippen molar-refractivity contribution in [1.29, 1.82) is 0 Å². The predicted molar refractivity (Wildman–Crippen MR) is 52.1 cm³/mol. The molecule has 15 heavy (non-hydrogen) atoms. The minimum Gasteiger partial charge on any atom is -0.382 e. The first-order valence-corrected chi connectivity index (χ1v) is 4.13. The maximum atomic E-state index is 13.3. The molecule has 0 bridgehead atoms. The van der Waals surface area contributed by atoms with E-state index in [1.807, 2.05) is 0 Å². The molecule has 0 fully saturated rings. The molecule has 0 aliphatic rings. The molecule has 0 amide bonds. The molecule has 0 radical (unpaired) electrons. The van der Waals surface area contributed by atoms with Gasteiger partial charge in [-0.3, -0.25) is 0 Å². The van der Waals surface area contributed by atoms with E-state index >= 15 is 0 Å². The Morgan fingerprint density at radius 3 is 2.27 bits per heavy atom. The van der Waals surface area contributed by atoms with Crippen LogP contribution in [-0.4, -0.2) is 9.66 Å². The van der Waals surface area contributed by atoms with E-state index in [1.165, 1.54) is 12.4 Å². The number of aromatic nitrogens is 2. The molecule has 1 heterocycles. The highest BCUT2D eigenvalue weighted by molar-refractivity contribution is 5.71. The zero-order valence-electron chi connectivity index (χ0n) is 7.61. The number of halogens is 2. The van der Waals surface area contributed by atoms with Gasteiger partial charge in [0, 0.05) is 0 Å². The molecule has 0 saturated carbocycles. The normalized spacial score (nSPS) is 10.5. The van der Waals surface area contributed by atoms with Crippen molar-refractivity contribution in [3.05, 3.63) is 36.2 Å². The fourth-order valence-corrected chi connectivity index (χ4v) is 1.29. The zero-order valence-corrected chi connectivity index (χ0v) is 7.61. The van der Waals surface area contributed by atoms with Crippen LogP contribution in [0.3, 0.4) is 0 Å². The average Bonchev–Trinajstić information content (AvgIpc) is 2.49. The lowest BCUT2D eigenvalue weighted by Crippen LogP contribution is -2.10. The van der Waals surface area contributed by atoms with E-state index in [0.29, 0.717) is 0 Å². The number of benzene rings is 1. The minimum atomic E-state index is -0.722. The number of anilines is 1. The molecule has 0 atom stereocenters. The highest BCUT2D eigenvalue weighted by Gasteiger charge is 2.17. The van der Waals surface area contributed by atoms with Crippen LogP contribution in [0.25, 0.3) is 11.3 Å². The number of imidazole rings is 1. The second kappa shape index (κ2) is 3.23. The fourth-order valence-electron chi connectivity index (χ4n) is 1.29. The molecular weight excluding hydrogens is 202 g/mol. The molecular formula is C9H8F2N4. The summed E-state index contributed by atoms with van der Waals surface area (Å²) in [4.78, 5) is 3.74. The summed E-state index contributed by atoms with van der Waals surface area (Å²) in [5.41, 5.74) is 5.26. The Morgan fingerprint density at radius 1 is 1.20 bits per heavy atom. The number of hydrogen-bond donors (Lipinski definition) is 2. The topological polar surface area (TPSA) is 69.9 Å². The van der Waals surface area contributed by atoms with Crippen molar-refractivity contribution >= 4 is 5.82 Å². The van der Waals surface area contributed by atoms with Gasteiger partial charge in [-0.2, -0.15) is 0 Å². The third-order valence-corrected chi connectivity index (χ3v) is 2.03. The van der Waals surface area contributed by atoms with Crippen LogP contribution < -0.4 is 11.6 Å². The van der Waals surface area contributed by atoms with Crippen LogP contribution in [0.1, 0.15) is 0 Å². The Kier molecular flexibility index (Phi) is 2.03. The average molecular weight is 210 g/mol. The van der Waals surface area contributed by atoms with E-state index in [4.69, 9.17) is 11.6 Å². The van der Waals surface area contributed by atoms with Gasteiger partial charge in [-0.05, 0) is 12.1 Å². The van der Waals surface area contributed by atoms with E-state index in [1.54, 1.807) is 0 Å². The smallest absolute Gasteiger partial charge is 0.150 e. The monoisotopic (exact) mass is 210 g/mol. The number of nitrogen functional groups attached to an aromatic ring is 2. The first kappa shape index (κ1) is 9.45. The molecule has 78 valence electrons. The standard InChI is InChI=1S/C9H8F2N4/c10-5-2-1-3-6(11)7(5)8-9(12)15(13)4-14-8/h1-4H,12-13H2. The Bertz CT molecular complexity index is 487. The van der Waals surface area contributed by atoms with Gasteiger partial charge in [0.1, 0.15) is 23.7 Å². The van der Waals surface area contributed by atoms with Crippen LogP contribution in [0.4, 0.5) is 14.6 Å². The molecule has 0 aliphatic carbocycles. The van der Waals surface area contributed by atoms with Gasteiger partial charge in [0.2, 0.25) is 0 Å². The summed E-state index contributed by atoms with van der Waals surface area (Å²) in [6.07, 6.45) is 1.19. The first-order chi connectivity index (χ1) is 7.11. The molecule has 1 aromatic carbocycles. The van der Waals surface area contributed by atoms with Crippen LogP contribution in [0.15, 0.2) is 24.5 Å². The van der Waals surface area contributed by atoms with Crippen molar-refractivity contribution in [1.82, 2.24) is 9.66 Å². The van der Waals surface area contributed by atoms with Gasteiger partial charge in [-0.15, -0.1) is 0 Å². The van der Waals surface area contributed by atoms with Crippen molar-refractivity contribution in [3.8, 4) is 11.3 Å². The quantitative estimate of drug-likeness (QED) is 0.693. The Hall–Kier alpha value is -2.11. The molecule has 4 N–H and O–H groups in total. The Morgan fingerprint density at radius 2 is 1.80 bits per heavy atom. The summed E-state index contributed by atoms with van der Waals surface area (Å²) in [5, 5.41) is 0. The molecule has 4 nitrogen and oxygen atoms in total. The lowest BCUT2D eigenvalue weighted by atomic mass is 10.1. The number of nitrogens with two attached hydrogens (primary N) is 2. The van der Waals surface area contributed by atoms with Crippen LogP contribution in [0.2, 0.25) is 0 Å². The zero-order chi connectivity index (χ0) is 11.0. The van der Waals surface area contributed by atoms with Gasteiger partial charge in [0.05, 0.1) is 5.56 Å². The summed E-state index contributed by atoms with van der Waals surface area (Å²) < 4.78 is 27.7. The van der Waals surface area contributed by atoms with E-state index in [2.05, 4.69) is 4.98 Å². The van der Waals surface area contributed by atoms with Gasteiger partial charge >= 0.3 is 0 Å². The summed E-state index contributed by atoms with van der Waals surface area (Å²) in [7, 11) is 0. The molecule has 2 rings (SSSR count). The third-order valence-electron chi connectivity index (χ3n) is 2.03. The summed E-state index contributed by atoms with van der Waals surface area (Å²) in [5.74, 6) is 3.93. The van der Waals surface area contributed by atoms with Crippen LogP contribution in [-0.2, 0) is 0 Å². The molecule has 1 aromatic heterocycles. The third kappa shape index (κ3) is 1.39. The van der Waals surface area contributed by atoms with E-state index in [9.17, 15) is 8.78 Å². The second-order valence-electron chi connectivity index (χ2n) is 2.98. The van der Waals surface area contributed by atoms with E-state index in [-0.39, 0.29) is 17.1 Å². The van der Waals surface area contributed by atoms with Crippen molar-refractivity contribution in [2.24, 2.45) is 0 Å². The Labute approximate surface area is 84.1 Å². The van der Waals surface area contributed by atoms with Crippen molar-refractivity contribution < 1.29 is 8.78 Å². The number of rotatable bonds is 1. The van der Waals surface area contributed by atoms with Crippen molar-refractivity contribution in [2.45, 2.75) is 0 Å².